The highest BCUT2D eigenvalue weighted by molar-refractivity contribution is 7.91. The molecule has 1 aromatic carbocycles. The maximum Gasteiger partial charge on any atom is 0.428 e. The number of hydrogen-bond acceptors (Lipinski definition) is 5. The molecule has 0 aromatic heterocycles. The first kappa shape index (κ1) is 17.6. The van der Waals surface area contributed by atoms with E-state index in [2.05, 4.69) is 0 Å². The van der Waals surface area contributed by atoms with Crippen molar-refractivity contribution >= 4 is 32.9 Å². The first-order valence-corrected chi connectivity index (χ1v) is 8.82. The lowest BCUT2D eigenvalue weighted by molar-refractivity contribution is 0.0608. The Morgan fingerprint density at radius 2 is 1.81 bits per heavy atom. The zero-order chi connectivity index (χ0) is 16.4. The molecule has 0 saturated carbocycles. The van der Waals surface area contributed by atoms with Gasteiger partial charge in [0.1, 0.15) is 5.60 Å². The van der Waals surface area contributed by atoms with Gasteiger partial charge >= 0.3 is 6.09 Å². The second kappa shape index (κ2) is 6.12. The van der Waals surface area contributed by atoms with Crippen molar-refractivity contribution in [1.82, 2.24) is 0 Å². The normalized spacial score (nSPS) is 13.6. The zero-order valence-corrected chi connectivity index (χ0v) is 13.7. The van der Waals surface area contributed by atoms with Crippen LogP contribution in [0.4, 0.5) is 10.5 Å². The van der Waals surface area contributed by atoms with E-state index in [1.54, 1.807) is 20.8 Å². The van der Waals surface area contributed by atoms with Gasteiger partial charge < -0.3 is 4.74 Å². The summed E-state index contributed by atoms with van der Waals surface area (Å²) < 4.78 is 49.6. The molecule has 0 aliphatic heterocycles. The number of para-hydroxylation sites is 1. The van der Waals surface area contributed by atoms with Crippen LogP contribution < -0.4 is 4.31 Å². The summed E-state index contributed by atoms with van der Waals surface area (Å²) in [5.74, 6) is 0. The molecule has 0 bridgehead atoms. The Morgan fingerprint density at radius 1 is 1.29 bits per heavy atom. The monoisotopic (exact) mass is 335 g/mol. The van der Waals surface area contributed by atoms with E-state index < -0.39 is 32.8 Å². The lowest BCUT2D eigenvalue weighted by atomic mass is 10.2. The van der Waals surface area contributed by atoms with Gasteiger partial charge in [0.05, 0.1) is 10.6 Å². The Labute approximate surface area is 126 Å². The summed E-state index contributed by atoms with van der Waals surface area (Å²) in [6.45, 7) is 4.77. The summed E-state index contributed by atoms with van der Waals surface area (Å²) in [4.78, 5) is 11.8. The second-order valence-electron chi connectivity index (χ2n) is 5.25. The number of amides is 1. The average molecular weight is 335 g/mol. The van der Waals surface area contributed by atoms with Crippen molar-refractivity contribution in [1.29, 1.82) is 0 Å². The van der Waals surface area contributed by atoms with Crippen molar-refractivity contribution in [3.05, 3.63) is 24.3 Å². The van der Waals surface area contributed by atoms with Gasteiger partial charge in [-0.2, -0.15) is 4.31 Å². The number of nitrogens with zero attached hydrogens (tertiary/aromatic N) is 1. The third kappa shape index (κ3) is 4.80. The van der Waals surface area contributed by atoms with E-state index >= 15 is 0 Å². The van der Waals surface area contributed by atoms with Crippen LogP contribution >= 0.6 is 0 Å². The maximum absolute atomic E-state index is 12.0. The molecule has 0 aliphatic carbocycles. The Balaban J connectivity index is 3.39. The summed E-state index contributed by atoms with van der Waals surface area (Å²) in [6, 6.07) is 5.41. The fourth-order valence-corrected chi connectivity index (χ4v) is 2.90. The first-order valence-electron chi connectivity index (χ1n) is 5.86. The van der Waals surface area contributed by atoms with Gasteiger partial charge in [-0.15, -0.1) is 0 Å². The van der Waals surface area contributed by atoms with Crippen LogP contribution in [0.15, 0.2) is 29.2 Å². The van der Waals surface area contributed by atoms with E-state index in [0.29, 0.717) is 4.31 Å². The molecule has 0 fully saturated rings. The average Bonchev–Trinajstić information content (AvgIpc) is 2.25. The minimum absolute atomic E-state index is 0.213. The lowest BCUT2D eigenvalue weighted by Crippen LogP contribution is -2.38. The summed E-state index contributed by atoms with van der Waals surface area (Å²) in [6.07, 6.45) is -0.168. The van der Waals surface area contributed by atoms with Crippen molar-refractivity contribution in [2.45, 2.75) is 31.3 Å². The predicted octanol–water partition coefficient (Wildman–Crippen LogP) is 1.97. The highest BCUT2D eigenvalue weighted by Gasteiger charge is 2.30. The zero-order valence-electron chi connectivity index (χ0n) is 12.1. The molecule has 0 saturated heterocycles. The van der Waals surface area contributed by atoms with E-state index in [1.807, 2.05) is 0 Å². The van der Waals surface area contributed by atoms with E-state index in [0.717, 1.165) is 6.26 Å². The molecule has 1 rings (SSSR count). The van der Waals surface area contributed by atoms with E-state index in [-0.39, 0.29) is 10.6 Å². The number of rotatable bonds is 3. The van der Waals surface area contributed by atoms with Crippen molar-refractivity contribution in [3.63, 3.8) is 0 Å². The van der Waals surface area contributed by atoms with Crippen LogP contribution in [0.1, 0.15) is 20.8 Å². The van der Waals surface area contributed by atoms with Crippen molar-refractivity contribution in [3.8, 4) is 0 Å². The largest absolute Gasteiger partial charge is 0.443 e. The van der Waals surface area contributed by atoms with Gasteiger partial charge in [0.2, 0.25) is 0 Å². The van der Waals surface area contributed by atoms with Crippen LogP contribution in [-0.2, 0) is 25.8 Å². The number of benzene rings is 1. The van der Waals surface area contributed by atoms with Crippen LogP contribution in [-0.4, -0.2) is 35.1 Å². The molecule has 1 aromatic rings. The van der Waals surface area contributed by atoms with E-state index in [1.165, 1.54) is 24.3 Å². The summed E-state index contributed by atoms with van der Waals surface area (Å²) >= 11 is -2.77. The highest BCUT2D eigenvalue weighted by atomic mass is 32.2. The van der Waals surface area contributed by atoms with Gasteiger partial charge in [0.25, 0.3) is 11.3 Å². The molecule has 0 aliphatic rings. The maximum atomic E-state index is 12.0. The van der Waals surface area contributed by atoms with Gasteiger partial charge in [-0.05, 0) is 32.9 Å². The number of anilines is 1. The fraction of sp³-hybridized carbons (Fsp3) is 0.417. The van der Waals surface area contributed by atoms with Crippen LogP contribution in [0.3, 0.4) is 0 Å². The van der Waals surface area contributed by atoms with Crippen LogP contribution in [0.25, 0.3) is 0 Å². The van der Waals surface area contributed by atoms with Crippen molar-refractivity contribution in [2.24, 2.45) is 0 Å². The SMILES string of the molecule is CC(C)(C)OC(=O)N(c1ccccc1S(C)(=O)=O)S(=O)O. The quantitative estimate of drug-likeness (QED) is 0.848. The van der Waals surface area contributed by atoms with Gasteiger partial charge in [0, 0.05) is 6.26 Å². The molecule has 21 heavy (non-hydrogen) atoms. The van der Waals surface area contributed by atoms with Gasteiger partial charge in [-0.25, -0.2) is 17.4 Å². The molecule has 1 amide bonds. The minimum Gasteiger partial charge on any atom is -0.443 e. The van der Waals surface area contributed by atoms with Gasteiger partial charge in [0.15, 0.2) is 9.84 Å². The van der Waals surface area contributed by atoms with E-state index in [4.69, 9.17) is 4.74 Å². The van der Waals surface area contributed by atoms with Gasteiger partial charge in [-0.1, -0.05) is 12.1 Å². The third-order valence-corrected chi connectivity index (χ3v) is 4.00. The van der Waals surface area contributed by atoms with Gasteiger partial charge in [-0.3, -0.25) is 4.55 Å². The molecule has 0 radical (unpaired) electrons. The van der Waals surface area contributed by atoms with Crippen LogP contribution in [0.2, 0.25) is 0 Å². The number of carbonyl (C=O) groups excluding carboxylic acids is 1. The molecule has 118 valence electrons. The Bertz CT molecular complexity index is 663. The fourth-order valence-electron chi connectivity index (χ4n) is 1.49. The van der Waals surface area contributed by atoms with Crippen LogP contribution in [0.5, 0.6) is 0 Å². The minimum atomic E-state index is -3.68. The number of hydrogen-bond donors (Lipinski definition) is 1. The van der Waals surface area contributed by atoms with Crippen molar-refractivity contribution < 1.29 is 26.7 Å². The summed E-state index contributed by atoms with van der Waals surface area (Å²) in [7, 11) is -3.68. The second-order valence-corrected chi connectivity index (χ2v) is 8.06. The molecule has 1 atom stereocenters. The molecule has 7 nitrogen and oxygen atoms in total. The highest BCUT2D eigenvalue weighted by Crippen LogP contribution is 2.27. The number of ether oxygens (including phenoxy) is 1. The molecule has 0 heterocycles. The standard InChI is InChI=1S/C12H17NO6S2/c1-12(2,3)19-11(14)13(20(15)16)9-7-5-6-8-10(9)21(4,17)18/h5-8H,1-4H3,(H,15,16). The molecule has 9 heteroatoms. The number of carbonyl (C=O) groups is 1. The Kier molecular flexibility index (Phi) is 5.13. The summed E-state index contributed by atoms with van der Waals surface area (Å²) in [5.41, 5.74) is -1.11. The molecular formula is C12H17NO6S2. The van der Waals surface area contributed by atoms with E-state index in [9.17, 15) is 22.0 Å². The molecule has 1 N–H and O–H groups in total. The third-order valence-electron chi connectivity index (χ3n) is 2.20. The van der Waals surface area contributed by atoms with Crippen molar-refractivity contribution in [2.75, 3.05) is 10.6 Å². The lowest BCUT2D eigenvalue weighted by Gasteiger charge is -2.25. The molecular weight excluding hydrogens is 318 g/mol. The van der Waals surface area contributed by atoms with Crippen LogP contribution in [0, 0.1) is 0 Å². The Morgan fingerprint density at radius 3 is 2.24 bits per heavy atom. The smallest absolute Gasteiger partial charge is 0.428 e. The number of sulfone groups is 1. The first-order chi connectivity index (χ1) is 9.43. The molecule has 1 unspecified atom stereocenters. The molecule has 0 spiro atoms. The topological polar surface area (TPSA) is 101 Å². The Hall–Kier alpha value is -1.45. The summed E-state index contributed by atoms with van der Waals surface area (Å²) in [5, 5.41) is 0. The predicted molar refractivity (Wildman–Crippen MR) is 79.0 cm³/mol.